The summed E-state index contributed by atoms with van der Waals surface area (Å²) in [6.07, 6.45) is 1.53. The molecule has 0 bridgehead atoms. The molecular weight excluding hydrogens is 356 g/mol. The smallest absolute Gasteiger partial charge is 0.288 e. The van der Waals surface area contributed by atoms with Gasteiger partial charge >= 0.3 is 0 Å². The van der Waals surface area contributed by atoms with Gasteiger partial charge < -0.3 is 20.4 Å². The van der Waals surface area contributed by atoms with Crippen LogP contribution in [0.4, 0.5) is 14.5 Å². The van der Waals surface area contributed by atoms with E-state index in [1.54, 1.807) is 36.4 Å². The molecule has 1 heterocycles. The molecule has 3 N–H and O–H groups in total. The van der Waals surface area contributed by atoms with Gasteiger partial charge in [0.25, 0.3) is 5.76 Å². The fraction of sp³-hybridized carbons (Fsp3) is 0.200. The van der Waals surface area contributed by atoms with Crippen LogP contribution in [0.5, 0.6) is 0 Å². The lowest BCUT2D eigenvalue weighted by Gasteiger charge is -2.11. The van der Waals surface area contributed by atoms with Gasteiger partial charge in [0.1, 0.15) is 5.76 Å². The van der Waals surface area contributed by atoms with Gasteiger partial charge in [-0.3, -0.25) is 4.79 Å². The van der Waals surface area contributed by atoms with Gasteiger partial charge in [0.2, 0.25) is 5.91 Å². The molecule has 0 spiro atoms. The van der Waals surface area contributed by atoms with Gasteiger partial charge in [0.15, 0.2) is 5.11 Å². The van der Waals surface area contributed by atoms with Crippen LogP contribution in [0.2, 0.25) is 0 Å². The summed E-state index contributed by atoms with van der Waals surface area (Å²) in [5, 5.41) is 8.57. The Labute approximate surface area is 147 Å². The molecule has 2 aromatic rings. The van der Waals surface area contributed by atoms with Gasteiger partial charge in [-0.1, -0.05) is 11.8 Å². The summed E-state index contributed by atoms with van der Waals surface area (Å²) in [7, 11) is 0. The standard InChI is InChI=1S/C15H15F2N3O2S2/c16-14(17)24-12-5-3-10(4-6-12)20-15(23)19-9-13(21)18-8-11-2-1-7-22-11/h1-7,14H,8-9H2,(H,18,21)(H2,19,20,23). The van der Waals surface area contributed by atoms with E-state index < -0.39 is 5.76 Å². The molecule has 0 radical (unpaired) electrons. The minimum Gasteiger partial charge on any atom is -0.467 e. The number of hydrogen-bond donors (Lipinski definition) is 3. The van der Waals surface area contributed by atoms with Crippen molar-refractivity contribution in [3.05, 3.63) is 48.4 Å². The third-order valence-corrected chi connectivity index (χ3v) is 3.76. The number of alkyl halides is 2. The molecule has 1 aromatic heterocycles. The number of hydrogen-bond acceptors (Lipinski definition) is 4. The van der Waals surface area contributed by atoms with Crippen molar-refractivity contribution < 1.29 is 18.0 Å². The first-order chi connectivity index (χ1) is 11.5. The van der Waals surface area contributed by atoms with Gasteiger partial charge in [-0.15, -0.1) is 0 Å². The summed E-state index contributed by atoms with van der Waals surface area (Å²) in [6, 6.07) is 9.90. The number of amides is 1. The molecule has 0 atom stereocenters. The number of halogens is 2. The van der Waals surface area contributed by atoms with Crippen LogP contribution >= 0.6 is 24.0 Å². The van der Waals surface area contributed by atoms with Crippen molar-refractivity contribution in [2.75, 3.05) is 11.9 Å². The predicted octanol–water partition coefficient (Wildman–Crippen LogP) is 3.20. The Morgan fingerprint density at radius 1 is 1.21 bits per heavy atom. The highest BCUT2D eigenvalue weighted by molar-refractivity contribution is 7.99. The summed E-state index contributed by atoms with van der Waals surface area (Å²) in [6.45, 7) is 0.308. The number of thioether (sulfide) groups is 1. The maximum absolute atomic E-state index is 12.2. The summed E-state index contributed by atoms with van der Waals surface area (Å²) in [5.74, 6) is -2.03. The van der Waals surface area contributed by atoms with Gasteiger partial charge in [0.05, 0.1) is 19.4 Å². The average Bonchev–Trinajstić information content (AvgIpc) is 3.06. The molecule has 0 aliphatic carbocycles. The lowest BCUT2D eigenvalue weighted by molar-refractivity contribution is -0.120. The molecule has 1 aromatic carbocycles. The Morgan fingerprint density at radius 2 is 1.96 bits per heavy atom. The topological polar surface area (TPSA) is 66.3 Å². The maximum Gasteiger partial charge on any atom is 0.288 e. The van der Waals surface area contributed by atoms with Crippen molar-refractivity contribution in [3.63, 3.8) is 0 Å². The molecule has 9 heteroatoms. The molecule has 0 fully saturated rings. The SMILES string of the molecule is O=C(CNC(=S)Nc1ccc(SC(F)F)cc1)NCc1ccco1. The molecule has 24 heavy (non-hydrogen) atoms. The van der Waals surface area contributed by atoms with Crippen LogP contribution in [0, 0.1) is 0 Å². The largest absolute Gasteiger partial charge is 0.467 e. The Kier molecular flexibility index (Phi) is 7.01. The first kappa shape index (κ1) is 18.2. The zero-order chi connectivity index (χ0) is 17.4. The van der Waals surface area contributed by atoms with Crippen LogP contribution in [0.3, 0.4) is 0 Å². The molecular formula is C15H15F2N3O2S2. The zero-order valence-corrected chi connectivity index (χ0v) is 14.1. The fourth-order valence-corrected chi connectivity index (χ4v) is 2.41. The fourth-order valence-electron chi connectivity index (χ4n) is 1.72. The third-order valence-electron chi connectivity index (χ3n) is 2.79. The number of anilines is 1. The van der Waals surface area contributed by atoms with Crippen LogP contribution in [0.1, 0.15) is 5.76 Å². The second-order valence-corrected chi connectivity index (χ2v) is 6.04. The summed E-state index contributed by atoms with van der Waals surface area (Å²) in [5.41, 5.74) is 0.641. The minimum absolute atomic E-state index is 0.00581. The summed E-state index contributed by atoms with van der Waals surface area (Å²) < 4.78 is 29.6. The van der Waals surface area contributed by atoms with Crippen LogP contribution in [-0.4, -0.2) is 23.3 Å². The van der Waals surface area contributed by atoms with Crippen molar-refractivity contribution in [2.24, 2.45) is 0 Å². The number of benzene rings is 1. The second kappa shape index (κ2) is 9.24. The Morgan fingerprint density at radius 3 is 2.58 bits per heavy atom. The van der Waals surface area contributed by atoms with Crippen molar-refractivity contribution in [3.8, 4) is 0 Å². The van der Waals surface area contributed by atoms with Gasteiger partial charge in [-0.25, -0.2) is 0 Å². The van der Waals surface area contributed by atoms with E-state index >= 15 is 0 Å². The van der Waals surface area contributed by atoms with Gasteiger partial charge in [0, 0.05) is 10.6 Å². The normalized spacial score (nSPS) is 10.5. The molecule has 128 valence electrons. The van der Waals surface area contributed by atoms with E-state index in [0.717, 1.165) is 0 Å². The highest BCUT2D eigenvalue weighted by atomic mass is 32.2. The zero-order valence-electron chi connectivity index (χ0n) is 12.4. The molecule has 1 amide bonds. The van der Waals surface area contributed by atoms with Gasteiger partial charge in [-0.2, -0.15) is 8.78 Å². The van der Waals surface area contributed by atoms with E-state index in [0.29, 0.717) is 34.6 Å². The monoisotopic (exact) mass is 371 g/mol. The second-order valence-electron chi connectivity index (χ2n) is 4.57. The van der Waals surface area contributed by atoms with E-state index in [1.165, 1.54) is 6.26 Å². The number of thiocarbonyl (C=S) groups is 1. The number of nitrogens with one attached hydrogen (secondary N) is 3. The molecule has 0 saturated heterocycles. The lowest BCUT2D eigenvalue weighted by atomic mass is 10.3. The van der Waals surface area contributed by atoms with E-state index in [9.17, 15) is 13.6 Å². The molecule has 5 nitrogen and oxygen atoms in total. The van der Waals surface area contributed by atoms with Crippen molar-refractivity contribution in [1.82, 2.24) is 10.6 Å². The Balaban J connectivity index is 1.69. The third kappa shape index (κ3) is 6.55. The molecule has 2 rings (SSSR count). The molecule has 0 saturated carbocycles. The average molecular weight is 371 g/mol. The van der Waals surface area contributed by atoms with Crippen LogP contribution < -0.4 is 16.0 Å². The minimum atomic E-state index is -2.45. The predicted molar refractivity (Wildman–Crippen MR) is 93.1 cm³/mol. The highest BCUT2D eigenvalue weighted by Crippen LogP contribution is 2.26. The number of furan rings is 1. The molecule has 0 unspecified atom stereocenters. The Hall–Kier alpha value is -2.13. The van der Waals surface area contributed by atoms with Crippen LogP contribution in [-0.2, 0) is 11.3 Å². The number of carbonyl (C=O) groups excluding carboxylic acids is 1. The lowest BCUT2D eigenvalue weighted by Crippen LogP contribution is -2.38. The Bertz CT molecular complexity index is 664. The summed E-state index contributed by atoms with van der Waals surface area (Å²) in [4.78, 5) is 12.1. The van der Waals surface area contributed by atoms with Gasteiger partial charge in [-0.05, 0) is 48.6 Å². The van der Waals surface area contributed by atoms with Crippen LogP contribution in [0.25, 0.3) is 0 Å². The number of rotatable bonds is 7. The van der Waals surface area contributed by atoms with E-state index in [4.69, 9.17) is 16.6 Å². The first-order valence-electron chi connectivity index (χ1n) is 6.92. The highest BCUT2D eigenvalue weighted by Gasteiger charge is 2.06. The quantitative estimate of drug-likeness (QED) is 0.513. The van der Waals surface area contributed by atoms with Crippen LogP contribution in [0.15, 0.2) is 52.0 Å². The van der Waals surface area contributed by atoms with E-state index in [2.05, 4.69) is 16.0 Å². The van der Waals surface area contributed by atoms with Crippen molar-refractivity contribution in [2.45, 2.75) is 17.2 Å². The van der Waals surface area contributed by atoms with Crippen molar-refractivity contribution >= 4 is 40.7 Å². The van der Waals surface area contributed by atoms with E-state index in [1.807, 2.05) is 0 Å². The molecule has 0 aliphatic rings. The summed E-state index contributed by atoms with van der Waals surface area (Å²) >= 11 is 5.55. The van der Waals surface area contributed by atoms with Crippen molar-refractivity contribution in [1.29, 1.82) is 0 Å². The first-order valence-corrected chi connectivity index (χ1v) is 8.20. The molecule has 0 aliphatic heterocycles. The van der Waals surface area contributed by atoms with E-state index in [-0.39, 0.29) is 17.6 Å². The maximum atomic E-state index is 12.2. The number of carbonyl (C=O) groups is 1.